The Morgan fingerprint density at radius 3 is 1.75 bits per heavy atom. The van der Waals surface area contributed by atoms with Crippen LogP contribution in [0, 0.1) is 0 Å². The maximum Gasteiger partial charge on any atom is 0.0525 e. The fourth-order valence-corrected chi connectivity index (χ4v) is 3.02. The first-order valence-corrected chi connectivity index (χ1v) is 6.54. The zero-order valence-electron chi connectivity index (χ0n) is 10.9. The molecule has 0 amide bonds. The summed E-state index contributed by atoms with van der Waals surface area (Å²) >= 11 is 0. The van der Waals surface area contributed by atoms with E-state index in [1.54, 1.807) is 0 Å². The fourth-order valence-electron chi connectivity index (χ4n) is 3.02. The van der Waals surface area contributed by atoms with Crippen molar-refractivity contribution in [2.24, 2.45) is 0 Å². The van der Waals surface area contributed by atoms with E-state index >= 15 is 0 Å². The number of rotatable bonds is 1. The van der Waals surface area contributed by atoms with Gasteiger partial charge in [-0.1, -0.05) is 54.6 Å². The van der Waals surface area contributed by atoms with Crippen molar-refractivity contribution in [2.45, 2.75) is 5.92 Å². The average Bonchev–Trinajstić information content (AvgIpc) is 2.83. The van der Waals surface area contributed by atoms with Gasteiger partial charge < -0.3 is 0 Å². The quantitative estimate of drug-likeness (QED) is 0.494. The molecule has 1 heterocycles. The van der Waals surface area contributed by atoms with Gasteiger partial charge in [-0.3, -0.25) is 4.98 Å². The molecular formula is C18H14ClN. The average molecular weight is 280 g/mol. The van der Waals surface area contributed by atoms with E-state index in [2.05, 4.69) is 65.6 Å². The van der Waals surface area contributed by atoms with Crippen LogP contribution in [-0.4, -0.2) is 4.98 Å². The number of hydrogen-bond donors (Lipinski definition) is 0. The number of nitrogens with zero attached hydrogens (tertiary/aromatic N) is 1. The molecule has 98 valence electrons. The largest absolute Gasteiger partial charge is 0.260 e. The fraction of sp³-hybridized carbons (Fsp3) is 0.0556. The van der Waals surface area contributed by atoms with Crippen molar-refractivity contribution in [2.75, 3.05) is 0 Å². The minimum atomic E-state index is 0. The van der Waals surface area contributed by atoms with Gasteiger partial charge in [0.15, 0.2) is 0 Å². The van der Waals surface area contributed by atoms with E-state index in [4.69, 9.17) is 0 Å². The van der Waals surface area contributed by atoms with E-state index in [0.29, 0.717) is 0 Å². The molecular weight excluding hydrogens is 266 g/mol. The highest BCUT2D eigenvalue weighted by atomic mass is 35.5. The van der Waals surface area contributed by atoms with Crippen molar-refractivity contribution in [1.29, 1.82) is 0 Å². The van der Waals surface area contributed by atoms with Gasteiger partial charge >= 0.3 is 0 Å². The van der Waals surface area contributed by atoms with Gasteiger partial charge in [0.05, 0.1) is 11.6 Å². The summed E-state index contributed by atoms with van der Waals surface area (Å²) in [5, 5.41) is 0. The van der Waals surface area contributed by atoms with Crippen LogP contribution in [0.25, 0.3) is 11.1 Å². The third-order valence-corrected chi connectivity index (χ3v) is 3.82. The SMILES string of the molecule is Cl.c1ccc(C2c3ccccc3-c3ccccc32)nc1. The van der Waals surface area contributed by atoms with Gasteiger partial charge in [0.25, 0.3) is 0 Å². The standard InChI is InChI=1S/C18H13N.ClH/c1-3-9-15-13(7-1)14-8-2-4-10-16(14)18(15)17-11-5-6-12-19-17;/h1-12,18H;1H. The Labute approximate surface area is 124 Å². The van der Waals surface area contributed by atoms with Gasteiger partial charge in [0, 0.05) is 6.20 Å². The van der Waals surface area contributed by atoms with Crippen molar-refractivity contribution in [3.8, 4) is 11.1 Å². The van der Waals surface area contributed by atoms with E-state index in [9.17, 15) is 0 Å². The number of fused-ring (bicyclic) bond motifs is 3. The summed E-state index contributed by atoms with van der Waals surface area (Å²) in [5.41, 5.74) is 6.53. The van der Waals surface area contributed by atoms with Crippen molar-refractivity contribution < 1.29 is 0 Å². The van der Waals surface area contributed by atoms with Crippen LogP contribution in [0.4, 0.5) is 0 Å². The first-order valence-electron chi connectivity index (χ1n) is 6.54. The molecule has 0 saturated heterocycles. The number of benzene rings is 2. The lowest BCUT2D eigenvalue weighted by Gasteiger charge is -2.12. The zero-order valence-corrected chi connectivity index (χ0v) is 11.7. The smallest absolute Gasteiger partial charge is 0.0525 e. The van der Waals surface area contributed by atoms with Crippen LogP contribution in [0.2, 0.25) is 0 Å². The maximum atomic E-state index is 4.56. The Balaban J connectivity index is 0.00000121. The lowest BCUT2D eigenvalue weighted by molar-refractivity contribution is 0.946. The van der Waals surface area contributed by atoms with Gasteiger partial charge in [-0.2, -0.15) is 0 Å². The molecule has 0 unspecified atom stereocenters. The highest BCUT2D eigenvalue weighted by Crippen LogP contribution is 2.46. The molecule has 1 aliphatic rings. The van der Waals surface area contributed by atoms with E-state index in [0.717, 1.165) is 5.69 Å². The van der Waals surface area contributed by atoms with Crippen molar-refractivity contribution in [3.05, 3.63) is 89.7 Å². The molecule has 0 fully saturated rings. The summed E-state index contributed by atoms with van der Waals surface area (Å²) in [5.74, 6) is 0.272. The highest BCUT2D eigenvalue weighted by Gasteiger charge is 2.29. The molecule has 3 aromatic rings. The van der Waals surface area contributed by atoms with Gasteiger partial charge in [-0.15, -0.1) is 12.4 Å². The van der Waals surface area contributed by atoms with Crippen LogP contribution in [0.5, 0.6) is 0 Å². The number of hydrogen-bond acceptors (Lipinski definition) is 1. The van der Waals surface area contributed by atoms with Crippen LogP contribution in [0.15, 0.2) is 72.9 Å². The molecule has 0 atom stereocenters. The van der Waals surface area contributed by atoms with Crippen LogP contribution in [0.1, 0.15) is 22.7 Å². The molecule has 0 N–H and O–H groups in total. The van der Waals surface area contributed by atoms with Gasteiger partial charge in [-0.05, 0) is 34.4 Å². The molecule has 1 nitrogen and oxygen atoms in total. The van der Waals surface area contributed by atoms with Gasteiger partial charge in [0.2, 0.25) is 0 Å². The van der Waals surface area contributed by atoms with Gasteiger partial charge in [0.1, 0.15) is 0 Å². The molecule has 0 saturated carbocycles. The molecule has 4 rings (SSSR count). The summed E-state index contributed by atoms with van der Waals surface area (Å²) in [7, 11) is 0. The number of aromatic nitrogens is 1. The molecule has 0 bridgehead atoms. The lowest BCUT2D eigenvalue weighted by Crippen LogP contribution is -2.01. The van der Waals surface area contributed by atoms with Crippen LogP contribution in [0.3, 0.4) is 0 Å². The molecule has 20 heavy (non-hydrogen) atoms. The Bertz CT molecular complexity index is 692. The molecule has 1 aromatic heterocycles. The molecule has 0 aliphatic heterocycles. The summed E-state index contributed by atoms with van der Waals surface area (Å²) in [6, 6.07) is 23.4. The van der Waals surface area contributed by atoms with Crippen molar-refractivity contribution in [3.63, 3.8) is 0 Å². The summed E-state index contributed by atoms with van der Waals surface area (Å²) in [4.78, 5) is 4.56. The Morgan fingerprint density at radius 2 is 1.20 bits per heavy atom. The van der Waals surface area contributed by atoms with E-state index in [1.165, 1.54) is 22.3 Å². The predicted octanol–water partition coefficient (Wildman–Crippen LogP) is 4.66. The maximum absolute atomic E-state index is 4.56. The van der Waals surface area contributed by atoms with E-state index in [1.807, 2.05) is 12.3 Å². The molecule has 2 aromatic carbocycles. The van der Waals surface area contributed by atoms with Crippen LogP contribution < -0.4 is 0 Å². The van der Waals surface area contributed by atoms with Crippen molar-refractivity contribution >= 4 is 12.4 Å². The van der Waals surface area contributed by atoms with Crippen LogP contribution in [-0.2, 0) is 0 Å². The second-order valence-corrected chi connectivity index (χ2v) is 4.86. The zero-order chi connectivity index (χ0) is 12.7. The third kappa shape index (κ3) is 1.83. The second kappa shape index (κ2) is 5.10. The normalized spacial score (nSPS) is 12.4. The lowest BCUT2D eigenvalue weighted by atomic mass is 9.93. The van der Waals surface area contributed by atoms with Gasteiger partial charge in [-0.25, -0.2) is 0 Å². The summed E-state index contributed by atoms with van der Waals surface area (Å²) in [6.07, 6.45) is 1.87. The number of pyridine rings is 1. The second-order valence-electron chi connectivity index (χ2n) is 4.86. The summed E-state index contributed by atoms with van der Waals surface area (Å²) in [6.45, 7) is 0. The minimum absolute atomic E-state index is 0. The predicted molar refractivity (Wildman–Crippen MR) is 84.3 cm³/mol. The van der Waals surface area contributed by atoms with E-state index in [-0.39, 0.29) is 18.3 Å². The highest BCUT2D eigenvalue weighted by molar-refractivity contribution is 5.85. The Hall–Kier alpha value is -2.12. The Kier molecular flexibility index (Phi) is 3.29. The topological polar surface area (TPSA) is 12.9 Å². The number of halogens is 1. The molecule has 0 radical (unpaired) electrons. The minimum Gasteiger partial charge on any atom is -0.260 e. The Morgan fingerprint density at radius 1 is 0.650 bits per heavy atom. The summed E-state index contributed by atoms with van der Waals surface area (Å²) < 4.78 is 0. The third-order valence-electron chi connectivity index (χ3n) is 3.82. The monoisotopic (exact) mass is 279 g/mol. The first-order chi connectivity index (χ1) is 9.45. The van der Waals surface area contributed by atoms with E-state index < -0.39 is 0 Å². The molecule has 0 spiro atoms. The molecule has 1 aliphatic carbocycles. The molecule has 2 heteroatoms. The first kappa shape index (κ1) is 12.9. The van der Waals surface area contributed by atoms with Crippen LogP contribution >= 0.6 is 12.4 Å². The van der Waals surface area contributed by atoms with Crippen molar-refractivity contribution in [1.82, 2.24) is 4.98 Å².